The van der Waals surface area contributed by atoms with Crippen molar-refractivity contribution in [3.05, 3.63) is 83.1 Å². The van der Waals surface area contributed by atoms with Crippen LogP contribution in [-0.2, 0) is 0 Å². The molecule has 1 aliphatic carbocycles. The number of rotatable bonds is 3. The Hall–Kier alpha value is -3.25. The summed E-state index contributed by atoms with van der Waals surface area (Å²) >= 11 is 0. The molecule has 2 unspecified atom stereocenters. The average molecular weight is 362 g/mol. The average Bonchev–Trinajstić information content (AvgIpc) is 2.83. The number of hydrogen-bond donors (Lipinski definition) is 3. The quantitative estimate of drug-likeness (QED) is 0.730. The van der Waals surface area contributed by atoms with Gasteiger partial charge in [-0.2, -0.15) is 0 Å². The first-order chi connectivity index (χ1) is 13.2. The summed E-state index contributed by atoms with van der Waals surface area (Å²) in [5.74, 6) is 0.0316. The van der Waals surface area contributed by atoms with Gasteiger partial charge in [0.25, 0.3) is 0 Å². The van der Waals surface area contributed by atoms with Gasteiger partial charge in [-0.25, -0.2) is 9.38 Å². The predicted octanol–water partition coefficient (Wildman–Crippen LogP) is 3.70. The molecule has 0 radical (unpaired) electrons. The molecule has 2 aromatic rings. The molecule has 136 valence electrons. The van der Waals surface area contributed by atoms with E-state index >= 15 is 0 Å². The first kappa shape index (κ1) is 17.2. The molecular formula is C21H19FN4O. The maximum atomic E-state index is 14.8. The fourth-order valence-corrected chi connectivity index (χ4v) is 3.34. The van der Waals surface area contributed by atoms with Gasteiger partial charge in [-0.1, -0.05) is 55.1 Å². The standard InChI is InChI=1S/C21H19FN4O/c1-13(26-27)15-11-23-21(24-12-15)25-20-16-7-3-2-6-14(16)10-19(22)17-8-4-5-9-18(17)20/h2-11,15,20,26-27H,1,12H2,(H,24,25). The van der Waals surface area contributed by atoms with E-state index < -0.39 is 0 Å². The topological polar surface area (TPSA) is 69.0 Å². The first-order valence-corrected chi connectivity index (χ1v) is 8.67. The van der Waals surface area contributed by atoms with Gasteiger partial charge in [0.1, 0.15) is 5.83 Å². The van der Waals surface area contributed by atoms with Crippen molar-refractivity contribution < 1.29 is 9.60 Å². The van der Waals surface area contributed by atoms with Crippen LogP contribution in [0.3, 0.4) is 0 Å². The Balaban J connectivity index is 1.70. The Morgan fingerprint density at radius 3 is 2.59 bits per heavy atom. The lowest BCUT2D eigenvalue weighted by atomic mass is 9.94. The van der Waals surface area contributed by atoms with Crippen molar-refractivity contribution in [3.8, 4) is 0 Å². The number of hydroxylamine groups is 1. The number of fused-ring (bicyclic) bond motifs is 2. The zero-order chi connectivity index (χ0) is 18.8. The van der Waals surface area contributed by atoms with Gasteiger partial charge in [0.2, 0.25) is 5.96 Å². The number of guanidine groups is 1. The van der Waals surface area contributed by atoms with E-state index in [4.69, 9.17) is 5.21 Å². The van der Waals surface area contributed by atoms with Crippen LogP contribution in [0, 0.1) is 5.92 Å². The molecule has 27 heavy (non-hydrogen) atoms. The maximum absolute atomic E-state index is 14.8. The van der Waals surface area contributed by atoms with Crippen LogP contribution in [0.15, 0.2) is 70.8 Å². The molecule has 0 bridgehead atoms. The van der Waals surface area contributed by atoms with Gasteiger partial charge >= 0.3 is 0 Å². The Kier molecular flexibility index (Phi) is 4.56. The zero-order valence-corrected chi connectivity index (χ0v) is 14.6. The molecule has 0 saturated heterocycles. The van der Waals surface area contributed by atoms with Crippen molar-refractivity contribution in [2.75, 3.05) is 6.54 Å². The monoisotopic (exact) mass is 362 g/mol. The SMILES string of the molecule is C=C(NO)C1C=NC(NC2c3ccccc3C=C(F)c3ccccc32)=NC1. The van der Waals surface area contributed by atoms with Crippen molar-refractivity contribution >= 4 is 24.1 Å². The van der Waals surface area contributed by atoms with E-state index in [9.17, 15) is 4.39 Å². The van der Waals surface area contributed by atoms with E-state index in [1.54, 1.807) is 18.4 Å². The van der Waals surface area contributed by atoms with Crippen LogP contribution < -0.4 is 10.8 Å². The summed E-state index contributed by atoms with van der Waals surface area (Å²) in [4.78, 5) is 8.82. The molecule has 0 spiro atoms. The second-order valence-corrected chi connectivity index (χ2v) is 6.47. The van der Waals surface area contributed by atoms with E-state index in [0.29, 0.717) is 23.8 Å². The largest absolute Gasteiger partial charge is 0.344 e. The third-order valence-corrected chi connectivity index (χ3v) is 4.80. The van der Waals surface area contributed by atoms with Crippen molar-refractivity contribution in [2.24, 2.45) is 15.9 Å². The molecule has 0 fully saturated rings. The Morgan fingerprint density at radius 2 is 1.85 bits per heavy atom. The van der Waals surface area contributed by atoms with Gasteiger partial charge in [-0.3, -0.25) is 15.7 Å². The molecule has 4 rings (SSSR count). The van der Waals surface area contributed by atoms with Crippen LogP contribution in [0.4, 0.5) is 4.39 Å². The summed E-state index contributed by atoms with van der Waals surface area (Å²) in [6.45, 7) is 4.14. The minimum absolute atomic E-state index is 0.173. The highest BCUT2D eigenvalue weighted by Crippen LogP contribution is 2.37. The van der Waals surface area contributed by atoms with Gasteiger partial charge in [-0.05, 0) is 22.8 Å². The fourth-order valence-electron chi connectivity index (χ4n) is 3.34. The molecule has 1 heterocycles. The zero-order valence-electron chi connectivity index (χ0n) is 14.6. The van der Waals surface area contributed by atoms with E-state index in [0.717, 1.165) is 16.7 Å². The molecule has 5 nitrogen and oxygen atoms in total. The van der Waals surface area contributed by atoms with Crippen molar-refractivity contribution in [1.82, 2.24) is 10.8 Å². The summed E-state index contributed by atoms with van der Waals surface area (Å²) in [7, 11) is 0. The van der Waals surface area contributed by atoms with Crippen LogP contribution in [0.2, 0.25) is 0 Å². The maximum Gasteiger partial charge on any atom is 0.218 e. The van der Waals surface area contributed by atoms with Gasteiger partial charge in [0, 0.05) is 17.5 Å². The summed E-state index contributed by atoms with van der Waals surface area (Å²) in [5.41, 5.74) is 5.65. The molecular weight excluding hydrogens is 343 g/mol. The number of nitrogens with zero attached hydrogens (tertiary/aromatic N) is 2. The number of aliphatic imine (C=N–C) groups is 2. The Labute approximate surface area is 156 Å². The molecule has 2 aliphatic rings. The third kappa shape index (κ3) is 3.27. The summed E-state index contributed by atoms with van der Waals surface area (Å²) in [6, 6.07) is 14.8. The van der Waals surface area contributed by atoms with Crippen LogP contribution in [-0.4, -0.2) is 23.9 Å². The predicted molar refractivity (Wildman–Crippen MR) is 105 cm³/mol. The van der Waals surface area contributed by atoms with Gasteiger partial charge < -0.3 is 5.32 Å². The normalized spacial score (nSPS) is 20.5. The number of benzene rings is 2. The molecule has 0 aromatic heterocycles. The highest BCUT2D eigenvalue weighted by atomic mass is 19.1. The molecule has 6 heteroatoms. The second-order valence-electron chi connectivity index (χ2n) is 6.47. The van der Waals surface area contributed by atoms with E-state index in [1.165, 1.54) is 0 Å². The van der Waals surface area contributed by atoms with E-state index in [2.05, 4.69) is 21.9 Å². The molecule has 0 saturated carbocycles. The van der Waals surface area contributed by atoms with Gasteiger partial charge in [0.15, 0.2) is 0 Å². The van der Waals surface area contributed by atoms with Crippen LogP contribution in [0.25, 0.3) is 11.9 Å². The lowest BCUT2D eigenvalue weighted by Gasteiger charge is -2.24. The Bertz CT molecular complexity index is 980. The molecule has 1 aliphatic heterocycles. The van der Waals surface area contributed by atoms with Crippen LogP contribution >= 0.6 is 0 Å². The number of hydrogen-bond acceptors (Lipinski definition) is 5. The summed E-state index contributed by atoms with van der Waals surface area (Å²) in [6.07, 6.45) is 3.25. The minimum Gasteiger partial charge on any atom is -0.344 e. The van der Waals surface area contributed by atoms with Crippen LogP contribution in [0.1, 0.15) is 28.3 Å². The highest BCUT2D eigenvalue weighted by Gasteiger charge is 2.26. The number of nitrogens with one attached hydrogen (secondary N) is 2. The second kappa shape index (κ2) is 7.17. The Morgan fingerprint density at radius 1 is 1.11 bits per heavy atom. The smallest absolute Gasteiger partial charge is 0.218 e. The van der Waals surface area contributed by atoms with Crippen molar-refractivity contribution in [2.45, 2.75) is 6.04 Å². The summed E-state index contributed by atoms with van der Waals surface area (Å²) < 4.78 is 14.8. The van der Waals surface area contributed by atoms with Crippen molar-refractivity contribution in [1.29, 1.82) is 0 Å². The lowest BCUT2D eigenvalue weighted by Crippen LogP contribution is -2.33. The van der Waals surface area contributed by atoms with E-state index in [-0.39, 0.29) is 17.8 Å². The third-order valence-electron chi connectivity index (χ3n) is 4.80. The van der Waals surface area contributed by atoms with Crippen LogP contribution in [0.5, 0.6) is 0 Å². The highest BCUT2D eigenvalue weighted by molar-refractivity contribution is 5.92. The van der Waals surface area contributed by atoms with Gasteiger partial charge in [-0.15, -0.1) is 0 Å². The lowest BCUT2D eigenvalue weighted by molar-refractivity contribution is 0.193. The molecule has 3 N–H and O–H groups in total. The summed E-state index contributed by atoms with van der Waals surface area (Å²) in [5, 5.41) is 12.3. The first-order valence-electron chi connectivity index (χ1n) is 8.67. The number of halogens is 1. The molecule has 2 atom stereocenters. The van der Waals surface area contributed by atoms with Crippen molar-refractivity contribution in [3.63, 3.8) is 0 Å². The van der Waals surface area contributed by atoms with E-state index in [1.807, 2.05) is 47.9 Å². The van der Waals surface area contributed by atoms with Gasteiger partial charge in [0.05, 0.1) is 18.5 Å². The molecule has 0 amide bonds. The molecule has 2 aromatic carbocycles. The fraction of sp³-hybridized carbons (Fsp3) is 0.143. The minimum atomic E-state index is -0.284.